The molecule has 4 rings (SSSR count). The van der Waals surface area contributed by atoms with Crippen molar-refractivity contribution in [3.8, 4) is 17.2 Å². The average Bonchev–Trinajstić information content (AvgIpc) is 3.26. The van der Waals surface area contributed by atoms with Gasteiger partial charge in [0.1, 0.15) is 4.88 Å². The van der Waals surface area contributed by atoms with E-state index in [-0.39, 0.29) is 5.56 Å². The number of amides is 3. The minimum atomic E-state index is -0.533. The number of methoxy groups -OCH3 is 3. The molecule has 0 saturated carbocycles. The SMILES string of the molecule is COc1cc(C(=O)Nc2ccc(C(=O)NNC(=O)c3sc4cc(C)ccc4c3Cl)cc2)cc(OC)c1OC. The molecule has 0 aliphatic heterocycles. The molecular weight excluding hydrogens is 530 g/mol. The third-order valence-electron chi connectivity index (χ3n) is 5.61. The Balaban J connectivity index is 1.39. The predicted molar refractivity (Wildman–Crippen MR) is 147 cm³/mol. The Morgan fingerprint density at radius 2 is 1.39 bits per heavy atom. The molecule has 1 heterocycles. The Hall–Kier alpha value is -4.28. The van der Waals surface area contributed by atoms with Crippen LogP contribution in [0, 0.1) is 6.92 Å². The van der Waals surface area contributed by atoms with Gasteiger partial charge in [-0.3, -0.25) is 25.2 Å². The summed E-state index contributed by atoms with van der Waals surface area (Å²) in [6, 6.07) is 15.0. The van der Waals surface area contributed by atoms with Crippen LogP contribution in [0.4, 0.5) is 5.69 Å². The van der Waals surface area contributed by atoms with Crippen LogP contribution < -0.4 is 30.4 Å². The number of benzene rings is 3. The zero-order valence-electron chi connectivity index (χ0n) is 20.9. The van der Waals surface area contributed by atoms with Crippen LogP contribution in [0.5, 0.6) is 17.2 Å². The number of carbonyl (C=O) groups excluding carboxylic acids is 3. The zero-order valence-corrected chi connectivity index (χ0v) is 22.5. The summed E-state index contributed by atoms with van der Waals surface area (Å²) in [6.45, 7) is 1.96. The first-order valence-corrected chi connectivity index (χ1v) is 12.5. The van der Waals surface area contributed by atoms with E-state index < -0.39 is 17.7 Å². The van der Waals surface area contributed by atoms with Crippen LogP contribution >= 0.6 is 22.9 Å². The van der Waals surface area contributed by atoms with Crippen molar-refractivity contribution >= 4 is 56.4 Å². The molecule has 11 heteroatoms. The summed E-state index contributed by atoms with van der Waals surface area (Å²) in [6.07, 6.45) is 0. The second-order valence-electron chi connectivity index (χ2n) is 8.10. The molecule has 196 valence electrons. The Bertz CT molecular complexity index is 1510. The molecule has 3 aromatic carbocycles. The molecule has 0 spiro atoms. The van der Waals surface area contributed by atoms with Gasteiger partial charge in [0.25, 0.3) is 17.7 Å². The fourth-order valence-electron chi connectivity index (χ4n) is 3.68. The van der Waals surface area contributed by atoms with Gasteiger partial charge in [-0.25, -0.2) is 0 Å². The van der Waals surface area contributed by atoms with E-state index in [9.17, 15) is 14.4 Å². The van der Waals surface area contributed by atoms with Crippen LogP contribution in [0.15, 0.2) is 54.6 Å². The molecule has 38 heavy (non-hydrogen) atoms. The number of fused-ring (bicyclic) bond motifs is 1. The largest absolute Gasteiger partial charge is 0.493 e. The maximum absolute atomic E-state index is 12.8. The highest BCUT2D eigenvalue weighted by Crippen LogP contribution is 2.38. The molecule has 0 aliphatic carbocycles. The van der Waals surface area contributed by atoms with Crippen LogP contribution in [0.1, 0.15) is 36.0 Å². The molecule has 4 aromatic rings. The van der Waals surface area contributed by atoms with Crippen molar-refractivity contribution < 1.29 is 28.6 Å². The average molecular weight is 554 g/mol. The van der Waals surface area contributed by atoms with Crippen molar-refractivity contribution in [3.05, 3.63) is 81.2 Å². The fourth-order valence-corrected chi connectivity index (χ4v) is 5.19. The molecule has 0 unspecified atom stereocenters. The van der Waals surface area contributed by atoms with Crippen molar-refractivity contribution in [2.75, 3.05) is 26.6 Å². The molecule has 1 aromatic heterocycles. The highest BCUT2D eigenvalue weighted by Gasteiger charge is 2.19. The van der Waals surface area contributed by atoms with E-state index in [1.54, 1.807) is 12.1 Å². The summed E-state index contributed by atoms with van der Waals surface area (Å²) in [5, 5.41) is 3.87. The number of halogens is 1. The molecule has 3 amide bonds. The lowest BCUT2D eigenvalue weighted by molar-refractivity contribution is 0.0849. The number of ether oxygens (including phenoxy) is 3. The molecule has 0 atom stereocenters. The van der Waals surface area contributed by atoms with Crippen molar-refractivity contribution in [2.45, 2.75) is 6.92 Å². The van der Waals surface area contributed by atoms with Gasteiger partial charge in [-0.1, -0.05) is 23.7 Å². The van der Waals surface area contributed by atoms with Crippen LogP contribution in [0.3, 0.4) is 0 Å². The van der Waals surface area contributed by atoms with Crippen LogP contribution in [0.2, 0.25) is 5.02 Å². The van der Waals surface area contributed by atoms with Gasteiger partial charge in [0.15, 0.2) is 11.5 Å². The van der Waals surface area contributed by atoms with Gasteiger partial charge < -0.3 is 19.5 Å². The van der Waals surface area contributed by atoms with E-state index in [4.69, 9.17) is 25.8 Å². The second-order valence-corrected chi connectivity index (χ2v) is 9.53. The van der Waals surface area contributed by atoms with Gasteiger partial charge in [0, 0.05) is 26.9 Å². The number of nitrogens with one attached hydrogen (secondary N) is 3. The molecule has 9 nitrogen and oxygen atoms in total. The van der Waals surface area contributed by atoms with Gasteiger partial charge in [0.2, 0.25) is 5.75 Å². The summed E-state index contributed by atoms with van der Waals surface area (Å²) < 4.78 is 16.7. The summed E-state index contributed by atoms with van der Waals surface area (Å²) >= 11 is 7.62. The lowest BCUT2D eigenvalue weighted by atomic mass is 10.1. The smallest absolute Gasteiger partial charge is 0.281 e. The third-order valence-corrected chi connectivity index (χ3v) is 7.27. The van der Waals surface area contributed by atoms with Gasteiger partial charge in [-0.2, -0.15) is 0 Å². The van der Waals surface area contributed by atoms with E-state index in [2.05, 4.69) is 16.2 Å². The number of carbonyl (C=O) groups is 3. The number of hydrogen-bond acceptors (Lipinski definition) is 7. The van der Waals surface area contributed by atoms with Gasteiger partial charge in [-0.05, 0) is 55.0 Å². The van der Waals surface area contributed by atoms with Crippen molar-refractivity contribution in [1.82, 2.24) is 10.9 Å². The number of anilines is 1. The Morgan fingerprint density at radius 1 is 0.763 bits per heavy atom. The molecule has 0 fully saturated rings. The Morgan fingerprint density at radius 3 is 2.00 bits per heavy atom. The summed E-state index contributed by atoms with van der Waals surface area (Å²) in [4.78, 5) is 38.3. The van der Waals surface area contributed by atoms with E-state index in [0.717, 1.165) is 15.6 Å². The number of thiophene rings is 1. The fraction of sp³-hybridized carbons (Fsp3) is 0.148. The van der Waals surface area contributed by atoms with Crippen molar-refractivity contribution in [3.63, 3.8) is 0 Å². The normalized spacial score (nSPS) is 10.6. The monoisotopic (exact) mass is 553 g/mol. The van der Waals surface area contributed by atoms with E-state index in [1.165, 1.54) is 56.9 Å². The Labute approximate surface area is 227 Å². The lowest BCUT2D eigenvalue weighted by Gasteiger charge is -2.14. The summed E-state index contributed by atoms with van der Waals surface area (Å²) in [7, 11) is 4.40. The summed E-state index contributed by atoms with van der Waals surface area (Å²) in [5.74, 6) is -0.399. The number of aryl methyl sites for hydroxylation is 1. The minimum absolute atomic E-state index is 0.272. The van der Waals surface area contributed by atoms with Crippen LogP contribution in [-0.4, -0.2) is 39.1 Å². The minimum Gasteiger partial charge on any atom is -0.493 e. The molecule has 0 bridgehead atoms. The first kappa shape index (κ1) is 26.8. The Kier molecular flexibility index (Phi) is 8.04. The van der Waals surface area contributed by atoms with Gasteiger partial charge in [-0.15, -0.1) is 11.3 Å². The number of hydrazine groups is 1. The van der Waals surface area contributed by atoms with E-state index in [0.29, 0.717) is 38.4 Å². The topological polar surface area (TPSA) is 115 Å². The quantitative estimate of drug-likeness (QED) is 0.270. The van der Waals surface area contributed by atoms with E-state index >= 15 is 0 Å². The molecule has 0 aliphatic rings. The van der Waals surface area contributed by atoms with Crippen LogP contribution in [0.25, 0.3) is 10.1 Å². The number of hydrogen-bond donors (Lipinski definition) is 3. The van der Waals surface area contributed by atoms with E-state index in [1.807, 2.05) is 25.1 Å². The standard InChI is InChI=1S/C27H24ClN3O6S/c1-14-5-10-18-21(11-14)38-24(22(18)28)27(34)31-30-26(33)15-6-8-17(9-7-15)29-25(32)16-12-19(35-2)23(37-4)20(13-16)36-3/h5-13H,1-4H3,(H,29,32)(H,30,33)(H,31,34). The van der Waals surface area contributed by atoms with Crippen LogP contribution in [-0.2, 0) is 0 Å². The van der Waals surface area contributed by atoms with Gasteiger partial charge >= 0.3 is 0 Å². The predicted octanol–water partition coefficient (Wildman–Crippen LogP) is 5.22. The molecule has 3 N–H and O–H groups in total. The molecular formula is C27H24ClN3O6S. The van der Waals surface area contributed by atoms with Crippen molar-refractivity contribution in [1.29, 1.82) is 0 Å². The maximum atomic E-state index is 12.8. The zero-order chi connectivity index (χ0) is 27.4. The first-order valence-electron chi connectivity index (χ1n) is 11.3. The molecule has 0 radical (unpaired) electrons. The molecule has 0 saturated heterocycles. The number of rotatable bonds is 7. The maximum Gasteiger partial charge on any atom is 0.281 e. The van der Waals surface area contributed by atoms with Gasteiger partial charge in [0.05, 0.1) is 26.4 Å². The third kappa shape index (κ3) is 5.51. The van der Waals surface area contributed by atoms with Crippen molar-refractivity contribution in [2.24, 2.45) is 0 Å². The lowest BCUT2D eigenvalue weighted by Crippen LogP contribution is -2.41. The summed E-state index contributed by atoms with van der Waals surface area (Å²) in [5.41, 5.74) is 6.85. The second kappa shape index (κ2) is 11.4. The first-order chi connectivity index (χ1) is 18.2. The highest BCUT2D eigenvalue weighted by molar-refractivity contribution is 7.21. The highest BCUT2D eigenvalue weighted by atomic mass is 35.5.